The lowest BCUT2D eigenvalue weighted by atomic mass is 10.1. The number of aromatic nitrogens is 1. The molecule has 3 heterocycles. The Balaban J connectivity index is 1.73. The van der Waals surface area contributed by atoms with E-state index in [2.05, 4.69) is 10.3 Å². The van der Waals surface area contributed by atoms with E-state index in [1.165, 1.54) is 14.2 Å². The average molecular weight is 426 g/mol. The average Bonchev–Trinajstić information content (AvgIpc) is 3.08. The summed E-state index contributed by atoms with van der Waals surface area (Å²) in [6.07, 6.45) is 0.911. The lowest BCUT2D eigenvalue weighted by Crippen LogP contribution is -2.44. The standard InChI is InChI=1S/C18H26N4O6S/c1-4-7-22-18(24)14-10-12(11-21(14)8-9-29(22,25)26)19-16(23)13-5-6-15(27-2)20-17(13)28-3/h5-6,12,14H,4,7-11H2,1-3H3,(H,19,23). The molecule has 160 valence electrons. The van der Waals surface area contributed by atoms with Crippen molar-refractivity contribution in [3.8, 4) is 11.8 Å². The monoisotopic (exact) mass is 426 g/mol. The number of hydrogen-bond donors (Lipinski definition) is 1. The summed E-state index contributed by atoms with van der Waals surface area (Å²) in [7, 11) is -0.708. The molecule has 11 heteroatoms. The van der Waals surface area contributed by atoms with E-state index in [-0.39, 0.29) is 42.2 Å². The molecule has 10 nitrogen and oxygen atoms in total. The Morgan fingerprint density at radius 2 is 2.07 bits per heavy atom. The number of sulfonamides is 1. The van der Waals surface area contributed by atoms with Gasteiger partial charge in [0.15, 0.2) is 0 Å². The van der Waals surface area contributed by atoms with E-state index in [1.54, 1.807) is 12.1 Å². The van der Waals surface area contributed by atoms with E-state index in [4.69, 9.17) is 9.47 Å². The van der Waals surface area contributed by atoms with Gasteiger partial charge in [-0.3, -0.25) is 14.5 Å². The van der Waals surface area contributed by atoms with E-state index in [0.29, 0.717) is 25.3 Å². The van der Waals surface area contributed by atoms with Crippen LogP contribution in [0.5, 0.6) is 11.8 Å². The maximum atomic E-state index is 12.9. The molecule has 0 bridgehead atoms. The Morgan fingerprint density at radius 1 is 1.31 bits per heavy atom. The molecule has 1 N–H and O–H groups in total. The lowest BCUT2D eigenvalue weighted by Gasteiger charge is -2.23. The fraction of sp³-hybridized carbons (Fsp3) is 0.611. The minimum absolute atomic E-state index is 0.105. The molecule has 1 aromatic heterocycles. The molecule has 29 heavy (non-hydrogen) atoms. The SMILES string of the molecule is CCCN1C(=O)C2CC(NC(=O)c3ccc(OC)nc3OC)CN2CCS1(=O)=O. The number of amides is 2. The van der Waals surface area contributed by atoms with Crippen LogP contribution < -0.4 is 14.8 Å². The molecule has 0 aromatic carbocycles. The molecular formula is C18H26N4O6S. The summed E-state index contributed by atoms with van der Waals surface area (Å²) < 4.78 is 36.0. The van der Waals surface area contributed by atoms with Crippen molar-refractivity contribution < 1.29 is 27.5 Å². The Morgan fingerprint density at radius 3 is 2.72 bits per heavy atom. The number of carbonyl (C=O) groups excluding carboxylic acids is 2. The molecule has 2 atom stereocenters. The maximum Gasteiger partial charge on any atom is 0.257 e. The van der Waals surface area contributed by atoms with Crippen molar-refractivity contribution in [2.45, 2.75) is 31.8 Å². The van der Waals surface area contributed by atoms with Gasteiger partial charge in [0.25, 0.3) is 11.8 Å². The van der Waals surface area contributed by atoms with Gasteiger partial charge in [-0.2, -0.15) is 4.98 Å². The van der Waals surface area contributed by atoms with Crippen molar-refractivity contribution >= 4 is 21.8 Å². The van der Waals surface area contributed by atoms with Crippen molar-refractivity contribution in [3.63, 3.8) is 0 Å². The number of nitrogens with zero attached hydrogens (tertiary/aromatic N) is 3. The minimum Gasteiger partial charge on any atom is -0.481 e. The zero-order valence-electron chi connectivity index (χ0n) is 16.8. The second kappa shape index (κ2) is 8.54. The molecule has 2 saturated heterocycles. The molecule has 2 amide bonds. The largest absolute Gasteiger partial charge is 0.481 e. The molecule has 0 spiro atoms. The van der Waals surface area contributed by atoms with Gasteiger partial charge >= 0.3 is 0 Å². The molecule has 0 aliphatic carbocycles. The van der Waals surface area contributed by atoms with Crippen molar-refractivity contribution in [1.29, 1.82) is 0 Å². The Hall–Kier alpha value is -2.40. The van der Waals surface area contributed by atoms with E-state index in [9.17, 15) is 18.0 Å². The van der Waals surface area contributed by atoms with Crippen molar-refractivity contribution in [1.82, 2.24) is 19.5 Å². The van der Waals surface area contributed by atoms with E-state index in [1.807, 2.05) is 11.8 Å². The highest BCUT2D eigenvalue weighted by Crippen LogP contribution is 2.26. The highest BCUT2D eigenvalue weighted by atomic mass is 32.2. The fourth-order valence-corrected chi connectivity index (χ4v) is 5.28. The van der Waals surface area contributed by atoms with Crippen molar-refractivity contribution in [3.05, 3.63) is 17.7 Å². The van der Waals surface area contributed by atoms with Gasteiger partial charge in [-0.1, -0.05) is 6.92 Å². The maximum absolute atomic E-state index is 12.9. The second-order valence-electron chi connectivity index (χ2n) is 7.05. The van der Waals surface area contributed by atoms with Gasteiger partial charge in [-0.05, 0) is 18.9 Å². The number of nitrogens with one attached hydrogen (secondary N) is 1. The van der Waals surface area contributed by atoms with Gasteiger partial charge in [0.1, 0.15) is 5.56 Å². The summed E-state index contributed by atoms with van der Waals surface area (Å²) in [6, 6.07) is 2.29. The summed E-state index contributed by atoms with van der Waals surface area (Å²) in [5, 5.41) is 2.91. The number of rotatable bonds is 6. The Labute approximate surface area is 170 Å². The first-order chi connectivity index (χ1) is 13.8. The number of ether oxygens (including phenoxy) is 2. The summed E-state index contributed by atoms with van der Waals surface area (Å²) in [5.41, 5.74) is 0.261. The van der Waals surface area contributed by atoms with Gasteiger partial charge in [0.2, 0.25) is 21.8 Å². The first-order valence-electron chi connectivity index (χ1n) is 9.49. The summed E-state index contributed by atoms with van der Waals surface area (Å²) in [5.74, 6) is -0.414. The molecule has 0 radical (unpaired) electrons. The first kappa shape index (κ1) is 21.3. The predicted molar refractivity (Wildman–Crippen MR) is 104 cm³/mol. The smallest absolute Gasteiger partial charge is 0.257 e. The number of carbonyl (C=O) groups is 2. The fourth-order valence-electron chi connectivity index (χ4n) is 3.74. The van der Waals surface area contributed by atoms with Crippen LogP contribution in [0.3, 0.4) is 0 Å². The second-order valence-corrected chi connectivity index (χ2v) is 9.07. The lowest BCUT2D eigenvalue weighted by molar-refractivity contribution is -0.130. The molecule has 2 aliphatic heterocycles. The van der Waals surface area contributed by atoms with Crippen LogP contribution in [0.1, 0.15) is 30.1 Å². The molecule has 1 aromatic rings. The number of hydrogen-bond acceptors (Lipinski definition) is 8. The van der Waals surface area contributed by atoms with Crippen LogP contribution in [-0.2, 0) is 14.8 Å². The third kappa shape index (κ3) is 4.30. The molecule has 2 fully saturated rings. The molecule has 2 unspecified atom stereocenters. The summed E-state index contributed by atoms with van der Waals surface area (Å²) in [6.45, 7) is 2.68. The first-order valence-corrected chi connectivity index (χ1v) is 11.1. The molecule has 3 rings (SSSR count). The topological polar surface area (TPSA) is 118 Å². The van der Waals surface area contributed by atoms with E-state index >= 15 is 0 Å². The third-order valence-electron chi connectivity index (χ3n) is 5.15. The van der Waals surface area contributed by atoms with Crippen LogP contribution in [0.25, 0.3) is 0 Å². The van der Waals surface area contributed by atoms with Crippen molar-refractivity contribution in [2.24, 2.45) is 0 Å². The Bertz CT molecular complexity index is 890. The highest BCUT2D eigenvalue weighted by molar-refractivity contribution is 7.89. The van der Waals surface area contributed by atoms with E-state index in [0.717, 1.165) is 4.31 Å². The van der Waals surface area contributed by atoms with Crippen LogP contribution in [-0.4, -0.2) is 86.1 Å². The summed E-state index contributed by atoms with van der Waals surface area (Å²) >= 11 is 0. The number of methoxy groups -OCH3 is 2. The van der Waals surface area contributed by atoms with E-state index < -0.39 is 22.0 Å². The van der Waals surface area contributed by atoms with Gasteiger partial charge in [-0.25, -0.2) is 12.7 Å². The van der Waals surface area contributed by atoms with Gasteiger partial charge in [0.05, 0.1) is 26.0 Å². The number of pyridine rings is 1. The zero-order valence-corrected chi connectivity index (χ0v) is 17.6. The third-order valence-corrected chi connectivity index (χ3v) is 6.88. The molecule has 0 saturated carbocycles. The van der Waals surface area contributed by atoms with Crippen molar-refractivity contribution in [2.75, 3.05) is 39.6 Å². The van der Waals surface area contributed by atoms with Crippen LogP contribution in [0.4, 0.5) is 0 Å². The Kier molecular flexibility index (Phi) is 6.27. The normalized spacial score (nSPS) is 24.0. The predicted octanol–water partition coefficient (Wildman–Crippen LogP) is -0.146. The van der Waals surface area contributed by atoms with Crippen LogP contribution in [0.2, 0.25) is 0 Å². The zero-order chi connectivity index (χ0) is 21.2. The van der Waals surface area contributed by atoms with Crippen LogP contribution in [0, 0.1) is 0 Å². The van der Waals surface area contributed by atoms with Crippen LogP contribution >= 0.6 is 0 Å². The molecule has 2 aliphatic rings. The van der Waals surface area contributed by atoms with Gasteiger partial charge in [-0.15, -0.1) is 0 Å². The quantitative estimate of drug-likeness (QED) is 0.667. The van der Waals surface area contributed by atoms with Gasteiger partial charge < -0.3 is 14.8 Å². The minimum atomic E-state index is -3.59. The summed E-state index contributed by atoms with van der Waals surface area (Å²) in [4.78, 5) is 31.5. The number of fused-ring (bicyclic) bond motifs is 1. The highest BCUT2D eigenvalue weighted by Gasteiger charge is 2.45. The molecular weight excluding hydrogens is 400 g/mol. The van der Waals surface area contributed by atoms with Crippen LogP contribution in [0.15, 0.2) is 12.1 Å². The van der Waals surface area contributed by atoms with Gasteiger partial charge in [0, 0.05) is 31.7 Å².